The van der Waals surface area contributed by atoms with Crippen LogP contribution in [-0.2, 0) is 0 Å². The molecule has 2 aromatic carbocycles. The van der Waals surface area contributed by atoms with Crippen LogP contribution < -0.4 is 10.5 Å². The van der Waals surface area contributed by atoms with E-state index in [1.54, 1.807) is 30.3 Å². The van der Waals surface area contributed by atoms with Crippen LogP contribution in [0.5, 0.6) is 5.75 Å². The highest BCUT2D eigenvalue weighted by atomic mass is 35.5. The van der Waals surface area contributed by atoms with E-state index >= 15 is 0 Å². The summed E-state index contributed by atoms with van der Waals surface area (Å²) < 4.78 is 5.93. The Morgan fingerprint density at radius 2 is 1.45 bits per heavy atom. The molecule has 2 aromatic rings. The van der Waals surface area contributed by atoms with Gasteiger partial charge in [-0.25, -0.2) is 0 Å². The van der Waals surface area contributed by atoms with Gasteiger partial charge in [-0.1, -0.05) is 46.9 Å². The van der Waals surface area contributed by atoms with Crippen molar-refractivity contribution in [2.45, 2.75) is 19.1 Å². The molecule has 0 aliphatic carbocycles. The van der Waals surface area contributed by atoms with Crippen LogP contribution >= 0.6 is 34.8 Å². The molecule has 20 heavy (non-hydrogen) atoms. The molecular weight excluding hydrogens is 317 g/mol. The molecule has 0 heterocycles. The summed E-state index contributed by atoms with van der Waals surface area (Å²) in [5.41, 5.74) is 6.95. The van der Waals surface area contributed by atoms with Crippen molar-refractivity contribution in [3.63, 3.8) is 0 Å². The van der Waals surface area contributed by atoms with Gasteiger partial charge >= 0.3 is 0 Å². The fraction of sp³-hybridized carbons (Fsp3) is 0.200. The minimum atomic E-state index is -0.304. The largest absolute Gasteiger partial charge is 0.484 e. The van der Waals surface area contributed by atoms with Crippen LogP contribution in [0.1, 0.15) is 18.6 Å². The Hall–Kier alpha value is -0.930. The van der Waals surface area contributed by atoms with E-state index < -0.39 is 0 Å². The third kappa shape index (κ3) is 4.03. The summed E-state index contributed by atoms with van der Waals surface area (Å²) in [4.78, 5) is 0. The zero-order valence-electron chi connectivity index (χ0n) is 10.8. The molecule has 0 fully saturated rings. The second-order valence-corrected chi connectivity index (χ2v) is 5.86. The summed E-state index contributed by atoms with van der Waals surface area (Å²) in [6.07, 6.45) is -0.304. The Labute approximate surface area is 133 Å². The van der Waals surface area contributed by atoms with Gasteiger partial charge in [0, 0.05) is 21.1 Å². The van der Waals surface area contributed by atoms with Crippen molar-refractivity contribution in [2.75, 3.05) is 0 Å². The molecular formula is C15H14Cl3NO. The first kappa shape index (κ1) is 15.5. The van der Waals surface area contributed by atoms with Gasteiger partial charge in [-0.15, -0.1) is 0 Å². The van der Waals surface area contributed by atoms with Gasteiger partial charge in [-0.05, 0) is 42.8 Å². The summed E-state index contributed by atoms with van der Waals surface area (Å²) in [7, 11) is 0. The van der Waals surface area contributed by atoms with Crippen LogP contribution in [0.25, 0.3) is 0 Å². The van der Waals surface area contributed by atoms with E-state index in [1.807, 2.05) is 19.1 Å². The monoisotopic (exact) mass is 329 g/mol. The van der Waals surface area contributed by atoms with Crippen LogP contribution in [0, 0.1) is 0 Å². The van der Waals surface area contributed by atoms with Crippen LogP contribution in [0.15, 0.2) is 42.5 Å². The predicted molar refractivity (Wildman–Crippen MR) is 84.9 cm³/mol. The first-order valence-corrected chi connectivity index (χ1v) is 7.23. The highest BCUT2D eigenvalue weighted by Gasteiger charge is 2.18. The summed E-state index contributed by atoms with van der Waals surface area (Å²) in [6, 6.07) is 12.3. The van der Waals surface area contributed by atoms with E-state index in [1.165, 1.54) is 0 Å². The molecule has 2 unspecified atom stereocenters. The van der Waals surface area contributed by atoms with E-state index in [2.05, 4.69) is 0 Å². The van der Waals surface area contributed by atoms with E-state index in [9.17, 15) is 0 Å². The average Bonchev–Trinajstić information content (AvgIpc) is 2.36. The third-order valence-corrected chi connectivity index (χ3v) is 3.46. The molecule has 0 amide bonds. The summed E-state index contributed by atoms with van der Waals surface area (Å²) in [6.45, 7) is 1.88. The minimum absolute atomic E-state index is 0.200. The minimum Gasteiger partial charge on any atom is -0.484 e. The molecule has 2 nitrogen and oxygen atoms in total. The average molecular weight is 331 g/mol. The first-order chi connectivity index (χ1) is 9.45. The SMILES string of the molecule is CC(N)C(Oc1cc(Cl)cc(Cl)c1)c1ccc(Cl)cc1. The topological polar surface area (TPSA) is 35.2 Å². The van der Waals surface area contributed by atoms with E-state index in [-0.39, 0.29) is 12.1 Å². The van der Waals surface area contributed by atoms with Crippen LogP contribution in [0.2, 0.25) is 15.1 Å². The molecule has 2 atom stereocenters. The molecule has 106 valence electrons. The Kier molecular flexibility index (Phi) is 5.17. The lowest BCUT2D eigenvalue weighted by Gasteiger charge is -2.23. The third-order valence-electron chi connectivity index (χ3n) is 2.78. The number of halogens is 3. The molecule has 0 bridgehead atoms. The smallest absolute Gasteiger partial charge is 0.138 e. The number of hydrogen-bond donors (Lipinski definition) is 1. The van der Waals surface area contributed by atoms with Crippen LogP contribution in [0.4, 0.5) is 0 Å². The Morgan fingerprint density at radius 1 is 0.900 bits per heavy atom. The normalized spacial score (nSPS) is 13.8. The van der Waals surface area contributed by atoms with E-state index in [0.29, 0.717) is 20.8 Å². The zero-order chi connectivity index (χ0) is 14.7. The van der Waals surface area contributed by atoms with Crippen LogP contribution in [0.3, 0.4) is 0 Å². The highest BCUT2D eigenvalue weighted by Crippen LogP contribution is 2.29. The van der Waals surface area contributed by atoms with E-state index in [4.69, 9.17) is 45.3 Å². The molecule has 0 radical (unpaired) electrons. The van der Waals surface area contributed by atoms with Gasteiger partial charge < -0.3 is 10.5 Å². The number of nitrogens with two attached hydrogens (primary N) is 1. The molecule has 5 heteroatoms. The summed E-state index contributed by atoms with van der Waals surface area (Å²) in [5.74, 6) is 0.583. The summed E-state index contributed by atoms with van der Waals surface area (Å²) in [5, 5.41) is 1.71. The number of hydrogen-bond acceptors (Lipinski definition) is 2. The Bertz CT molecular complexity index is 564. The molecule has 0 aliphatic rings. The maximum atomic E-state index is 6.01. The van der Waals surface area contributed by atoms with Gasteiger partial charge in [0.25, 0.3) is 0 Å². The van der Waals surface area contributed by atoms with Crippen molar-refractivity contribution in [3.05, 3.63) is 63.1 Å². The van der Waals surface area contributed by atoms with Crippen molar-refractivity contribution in [1.29, 1.82) is 0 Å². The molecule has 2 rings (SSSR count). The molecule has 0 aliphatic heterocycles. The number of rotatable bonds is 4. The fourth-order valence-electron chi connectivity index (χ4n) is 1.87. The lowest BCUT2D eigenvalue weighted by atomic mass is 10.0. The number of benzene rings is 2. The molecule has 2 N–H and O–H groups in total. The van der Waals surface area contributed by atoms with Gasteiger partial charge in [-0.2, -0.15) is 0 Å². The van der Waals surface area contributed by atoms with Gasteiger partial charge in [0.15, 0.2) is 0 Å². The fourth-order valence-corrected chi connectivity index (χ4v) is 2.51. The maximum Gasteiger partial charge on any atom is 0.138 e. The van der Waals surface area contributed by atoms with Crippen LogP contribution in [-0.4, -0.2) is 6.04 Å². The quantitative estimate of drug-likeness (QED) is 0.845. The van der Waals surface area contributed by atoms with E-state index in [0.717, 1.165) is 5.56 Å². The molecule has 0 aromatic heterocycles. The Balaban J connectivity index is 2.27. The standard InChI is InChI=1S/C15H14Cl3NO/c1-9(19)15(10-2-4-11(16)5-3-10)20-14-7-12(17)6-13(18)8-14/h2-9,15H,19H2,1H3. The van der Waals surface area contributed by atoms with Gasteiger partial charge in [-0.3, -0.25) is 0 Å². The second-order valence-electron chi connectivity index (χ2n) is 4.55. The van der Waals surface area contributed by atoms with Crippen molar-refractivity contribution < 1.29 is 4.74 Å². The zero-order valence-corrected chi connectivity index (χ0v) is 13.1. The van der Waals surface area contributed by atoms with Gasteiger partial charge in [0.05, 0.1) is 0 Å². The first-order valence-electron chi connectivity index (χ1n) is 6.09. The number of ether oxygens (including phenoxy) is 1. The highest BCUT2D eigenvalue weighted by molar-refractivity contribution is 6.34. The predicted octanol–water partition coefficient (Wildman–Crippen LogP) is 5.11. The van der Waals surface area contributed by atoms with Gasteiger partial charge in [0.1, 0.15) is 11.9 Å². The summed E-state index contributed by atoms with van der Waals surface area (Å²) >= 11 is 17.8. The van der Waals surface area contributed by atoms with Crippen molar-refractivity contribution in [1.82, 2.24) is 0 Å². The molecule has 0 spiro atoms. The lowest BCUT2D eigenvalue weighted by molar-refractivity contribution is 0.180. The second kappa shape index (κ2) is 6.68. The molecule has 0 saturated heterocycles. The van der Waals surface area contributed by atoms with Crippen molar-refractivity contribution in [3.8, 4) is 5.75 Å². The Morgan fingerprint density at radius 3 is 1.95 bits per heavy atom. The maximum absolute atomic E-state index is 6.01. The van der Waals surface area contributed by atoms with Crippen molar-refractivity contribution in [2.24, 2.45) is 5.73 Å². The molecule has 0 saturated carbocycles. The lowest BCUT2D eigenvalue weighted by Crippen LogP contribution is -2.29. The van der Waals surface area contributed by atoms with Gasteiger partial charge in [0.2, 0.25) is 0 Å². The van der Waals surface area contributed by atoms with Crippen molar-refractivity contribution >= 4 is 34.8 Å².